The Balaban J connectivity index is 0. The van der Waals surface area contributed by atoms with Crippen molar-refractivity contribution in [3.8, 4) is 0 Å². The average molecular weight is 186 g/mol. The molecule has 0 unspecified atom stereocenters. The van der Waals surface area contributed by atoms with E-state index in [-0.39, 0.29) is 5.57 Å². The normalized spacial score (nSPS) is 7.85. The molecule has 0 aliphatic rings. The van der Waals surface area contributed by atoms with E-state index in [9.17, 15) is 4.79 Å². The number of carboxylic acid groups (broad SMARTS) is 1. The van der Waals surface area contributed by atoms with Gasteiger partial charge in [0.05, 0.1) is 12.9 Å². The second kappa shape index (κ2) is 10.8. The van der Waals surface area contributed by atoms with Gasteiger partial charge in [0.25, 0.3) is 0 Å². The van der Waals surface area contributed by atoms with Crippen LogP contribution < -0.4 is 0 Å². The van der Waals surface area contributed by atoms with Gasteiger partial charge in [-0.25, -0.2) is 4.79 Å². The van der Waals surface area contributed by atoms with Gasteiger partial charge in [0.2, 0.25) is 0 Å². The summed E-state index contributed by atoms with van der Waals surface area (Å²) in [5.41, 5.74) is 0.176. The lowest BCUT2D eigenvalue weighted by molar-refractivity contribution is -0.132. The van der Waals surface area contributed by atoms with Gasteiger partial charge in [0, 0.05) is 5.57 Å². The maximum Gasteiger partial charge on any atom is 0.330 e. The first-order chi connectivity index (χ1) is 6.06. The molecule has 0 heterocycles. The van der Waals surface area contributed by atoms with Crippen molar-refractivity contribution in [2.24, 2.45) is 0 Å². The number of unbranched alkanes of at least 4 members (excludes halogenated alkanes) is 1. The van der Waals surface area contributed by atoms with Crippen molar-refractivity contribution in [2.45, 2.75) is 26.7 Å². The minimum Gasteiger partial charge on any atom is -0.502 e. The summed E-state index contributed by atoms with van der Waals surface area (Å²) in [7, 11) is 0. The molecule has 0 aromatic heterocycles. The van der Waals surface area contributed by atoms with E-state index in [2.05, 4.69) is 20.1 Å². The van der Waals surface area contributed by atoms with Crippen molar-refractivity contribution in [2.75, 3.05) is 6.61 Å². The Labute approximate surface area is 79.7 Å². The fourth-order valence-electron chi connectivity index (χ4n) is 0.311. The topological polar surface area (TPSA) is 46.5 Å². The van der Waals surface area contributed by atoms with Crippen molar-refractivity contribution >= 4 is 5.97 Å². The first-order valence-corrected chi connectivity index (χ1v) is 4.17. The van der Waals surface area contributed by atoms with E-state index in [0.29, 0.717) is 0 Å². The predicted octanol–water partition coefficient (Wildman–Crippen LogP) is 2.59. The number of ether oxygens (including phenoxy) is 1. The SMILES string of the molecule is C=C(C)C(=O)O.C=COCCCC. The van der Waals surface area contributed by atoms with Crippen LogP contribution in [0.15, 0.2) is 25.0 Å². The van der Waals surface area contributed by atoms with Gasteiger partial charge >= 0.3 is 5.97 Å². The van der Waals surface area contributed by atoms with Gasteiger partial charge in [0.1, 0.15) is 0 Å². The lowest BCUT2D eigenvalue weighted by atomic mass is 10.4. The highest BCUT2D eigenvalue weighted by Crippen LogP contribution is 1.86. The van der Waals surface area contributed by atoms with Gasteiger partial charge in [0.15, 0.2) is 0 Å². The van der Waals surface area contributed by atoms with E-state index < -0.39 is 5.97 Å². The molecule has 0 rings (SSSR count). The molecule has 0 spiro atoms. The van der Waals surface area contributed by atoms with Crippen LogP contribution in [0, 0.1) is 0 Å². The van der Waals surface area contributed by atoms with Crippen LogP contribution in [0.25, 0.3) is 0 Å². The van der Waals surface area contributed by atoms with Crippen LogP contribution >= 0.6 is 0 Å². The van der Waals surface area contributed by atoms with Gasteiger partial charge in [-0.2, -0.15) is 0 Å². The van der Waals surface area contributed by atoms with Crippen molar-refractivity contribution in [1.82, 2.24) is 0 Å². The number of hydrogen-bond acceptors (Lipinski definition) is 2. The maximum atomic E-state index is 9.60. The Hall–Kier alpha value is -1.25. The van der Waals surface area contributed by atoms with Gasteiger partial charge in [-0.05, 0) is 13.3 Å². The number of carboxylic acids is 1. The largest absolute Gasteiger partial charge is 0.502 e. The molecule has 0 radical (unpaired) electrons. The van der Waals surface area contributed by atoms with Crippen LogP contribution in [0.4, 0.5) is 0 Å². The molecule has 3 nitrogen and oxygen atoms in total. The fourth-order valence-corrected chi connectivity index (χ4v) is 0.311. The number of hydrogen-bond donors (Lipinski definition) is 1. The van der Waals surface area contributed by atoms with E-state index >= 15 is 0 Å². The first kappa shape index (κ1) is 14.3. The minimum absolute atomic E-state index is 0.176. The fraction of sp³-hybridized carbons (Fsp3) is 0.500. The summed E-state index contributed by atoms with van der Waals surface area (Å²) in [6, 6.07) is 0. The summed E-state index contributed by atoms with van der Waals surface area (Å²) in [6.07, 6.45) is 3.80. The first-order valence-electron chi connectivity index (χ1n) is 4.17. The van der Waals surface area contributed by atoms with Crippen LogP contribution in [0.5, 0.6) is 0 Å². The monoisotopic (exact) mass is 186 g/mol. The lowest BCUT2D eigenvalue weighted by Crippen LogP contribution is -1.92. The molecule has 0 bridgehead atoms. The molecule has 0 saturated carbocycles. The molecule has 0 aliphatic heterocycles. The Morgan fingerprint density at radius 3 is 2.31 bits per heavy atom. The van der Waals surface area contributed by atoms with Gasteiger partial charge in [-0.3, -0.25) is 0 Å². The number of rotatable bonds is 5. The summed E-state index contributed by atoms with van der Waals surface area (Å²) in [5.74, 6) is -0.935. The van der Waals surface area contributed by atoms with Crippen molar-refractivity contribution in [1.29, 1.82) is 0 Å². The van der Waals surface area contributed by atoms with Crippen LogP contribution in [-0.2, 0) is 9.53 Å². The summed E-state index contributed by atoms with van der Waals surface area (Å²) < 4.78 is 4.84. The van der Waals surface area contributed by atoms with E-state index in [0.717, 1.165) is 13.0 Å². The standard InChI is InChI=1S/C6H12O.C4H6O2/c1-3-5-6-7-4-2;1-3(2)4(5)6/h4H,2-3,5-6H2,1H3;1H2,2H3,(H,5,6). The molecular formula is C10H18O3. The molecule has 0 amide bonds. The summed E-state index contributed by atoms with van der Waals surface area (Å²) in [5, 5.41) is 7.89. The third kappa shape index (κ3) is 18.1. The molecular weight excluding hydrogens is 168 g/mol. The maximum absolute atomic E-state index is 9.60. The predicted molar refractivity (Wildman–Crippen MR) is 53.5 cm³/mol. The molecule has 1 N–H and O–H groups in total. The van der Waals surface area contributed by atoms with Gasteiger partial charge < -0.3 is 9.84 Å². The van der Waals surface area contributed by atoms with Crippen molar-refractivity contribution in [3.05, 3.63) is 25.0 Å². The van der Waals surface area contributed by atoms with E-state index in [4.69, 9.17) is 9.84 Å². The Bertz CT molecular complexity index is 150. The zero-order valence-electron chi connectivity index (χ0n) is 8.38. The van der Waals surface area contributed by atoms with Crippen LogP contribution in [-0.4, -0.2) is 17.7 Å². The van der Waals surface area contributed by atoms with Gasteiger partial charge in [-0.15, -0.1) is 0 Å². The van der Waals surface area contributed by atoms with E-state index in [1.807, 2.05) is 0 Å². The molecule has 0 fully saturated rings. The highest BCUT2D eigenvalue weighted by Gasteiger charge is 1.90. The average Bonchev–Trinajstić information content (AvgIpc) is 2.06. The molecule has 3 heteroatoms. The third-order valence-electron chi connectivity index (χ3n) is 1.10. The smallest absolute Gasteiger partial charge is 0.330 e. The molecule has 13 heavy (non-hydrogen) atoms. The van der Waals surface area contributed by atoms with Crippen molar-refractivity contribution in [3.63, 3.8) is 0 Å². The van der Waals surface area contributed by atoms with Crippen LogP contribution in [0.1, 0.15) is 26.7 Å². The number of carbonyl (C=O) groups is 1. The second-order valence-corrected chi connectivity index (χ2v) is 2.48. The third-order valence-corrected chi connectivity index (χ3v) is 1.10. The molecule has 0 aromatic rings. The summed E-state index contributed by atoms with van der Waals surface area (Å²) in [6.45, 7) is 11.0. The van der Waals surface area contributed by atoms with Crippen LogP contribution in [0.2, 0.25) is 0 Å². The van der Waals surface area contributed by atoms with E-state index in [1.54, 1.807) is 0 Å². The molecule has 0 atom stereocenters. The van der Waals surface area contributed by atoms with E-state index in [1.165, 1.54) is 19.6 Å². The molecule has 0 aliphatic carbocycles. The molecule has 0 saturated heterocycles. The van der Waals surface area contributed by atoms with Crippen molar-refractivity contribution < 1.29 is 14.6 Å². The number of aliphatic carboxylic acids is 1. The quantitative estimate of drug-likeness (QED) is 0.408. The zero-order valence-corrected chi connectivity index (χ0v) is 8.38. The zero-order chi connectivity index (χ0) is 10.7. The lowest BCUT2D eigenvalue weighted by Gasteiger charge is -1.93. The Morgan fingerprint density at radius 2 is 2.08 bits per heavy atom. The van der Waals surface area contributed by atoms with Gasteiger partial charge in [-0.1, -0.05) is 26.5 Å². The highest BCUT2D eigenvalue weighted by atomic mass is 16.5. The molecule has 76 valence electrons. The second-order valence-electron chi connectivity index (χ2n) is 2.48. The highest BCUT2D eigenvalue weighted by molar-refractivity contribution is 5.84. The molecule has 0 aromatic carbocycles. The van der Waals surface area contributed by atoms with Crippen LogP contribution in [0.3, 0.4) is 0 Å². The summed E-state index contributed by atoms with van der Waals surface area (Å²) >= 11 is 0. The Kier molecular flexibility index (Phi) is 11.8. The Morgan fingerprint density at radius 1 is 1.62 bits per heavy atom. The minimum atomic E-state index is -0.935. The summed E-state index contributed by atoms with van der Waals surface area (Å²) in [4.78, 5) is 9.60.